The van der Waals surface area contributed by atoms with Gasteiger partial charge in [0, 0.05) is 13.2 Å². The molecule has 1 aromatic carbocycles. The lowest BCUT2D eigenvalue weighted by atomic mass is 10.1. The second-order valence-electron chi connectivity index (χ2n) is 4.61. The molecule has 0 amide bonds. The van der Waals surface area contributed by atoms with Crippen LogP contribution in [-0.4, -0.2) is 26.7 Å². The van der Waals surface area contributed by atoms with Gasteiger partial charge < -0.3 is 10.8 Å². The molecule has 0 aliphatic rings. The molecule has 0 saturated heterocycles. The maximum Gasteiger partial charge on any atom is 0.240 e. The number of rotatable bonds is 6. The molecule has 0 fully saturated rings. The Hall–Kier alpha value is -0.820. The third-order valence-corrected chi connectivity index (χ3v) is 4.73. The molecule has 0 aliphatic heterocycles. The minimum atomic E-state index is -3.61. The summed E-state index contributed by atoms with van der Waals surface area (Å²) in [5, 5.41) is 9.15. The van der Waals surface area contributed by atoms with Gasteiger partial charge in [-0.1, -0.05) is 18.5 Å². The Morgan fingerprint density at radius 2 is 2.11 bits per heavy atom. The molecule has 0 spiro atoms. The van der Waals surface area contributed by atoms with Gasteiger partial charge in [-0.05, 0) is 37.0 Å². The minimum absolute atomic E-state index is 0.0376. The van der Waals surface area contributed by atoms with Crippen LogP contribution in [0.3, 0.4) is 0 Å². The summed E-state index contributed by atoms with van der Waals surface area (Å²) in [4.78, 5) is 0.100. The number of aliphatic hydroxyl groups excluding tert-OH is 1. The predicted molar refractivity (Wildman–Crippen MR) is 76.7 cm³/mol. The van der Waals surface area contributed by atoms with Crippen molar-refractivity contribution in [3.05, 3.63) is 22.7 Å². The summed E-state index contributed by atoms with van der Waals surface area (Å²) in [5.41, 5.74) is 6.52. The Bertz CT molecular complexity index is 523. The fourth-order valence-electron chi connectivity index (χ4n) is 1.58. The fourth-order valence-corrected chi connectivity index (χ4v) is 2.97. The van der Waals surface area contributed by atoms with Crippen molar-refractivity contribution in [3.63, 3.8) is 0 Å². The number of sulfonamides is 1. The van der Waals surface area contributed by atoms with Crippen LogP contribution < -0.4 is 10.5 Å². The van der Waals surface area contributed by atoms with E-state index < -0.39 is 10.0 Å². The van der Waals surface area contributed by atoms with Gasteiger partial charge in [0.25, 0.3) is 0 Å². The highest BCUT2D eigenvalue weighted by molar-refractivity contribution is 7.89. The molecule has 19 heavy (non-hydrogen) atoms. The average Bonchev–Trinajstić information content (AvgIpc) is 2.33. The Kier molecular flexibility index (Phi) is 5.61. The molecule has 1 aromatic rings. The van der Waals surface area contributed by atoms with Gasteiger partial charge in [0.2, 0.25) is 10.0 Å². The number of hydrogen-bond acceptors (Lipinski definition) is 4. The van der Waals surface area contributed by atoms with E-state index in [-0.39, 0.29) is 29.7 Å². The first-order valence-corrected chi connectivity index (χ1v) is 7.80. The van der Waals surface area contributed by atoms with Crippen LogP contribution in [0.2, 0.25) is 5.02 Å². The molecule has 1 atom stereocenters. The van der Waals surface area contributed by atoms with Crippen molar-refractivity contribution in [1.82, 2.24) is 4.72 Å². The van der Waals surface area contributed by atoms with Gasteiger partial charge in [0.1, 0.15) is 0 Å². The molecule has 1 rings (SSSR count). The SMILES string of the molecule is Cc1cc(S(=O)(=O)NCC(C)CCO)cc(N)c1Cl. The van der Waals surface area contributed by atoms with Crippen LogP contribution in [0.25, 0.3) is 0 Å². The topological polar surface area (TPSA) is 92.4 Å². The monoisotopic (exact) mass is 306 g/mol. The van der Waals surface area contributed by atoms with Gasteiger partial charge in [0.05, 0.1) is 15.6 Å². The molecular formula is C12H19ClN2O3S. The van der Waals surface area contributed by atoms with Crippen LogP contribution >= 0.6 is 11.6 Å². The molecule has 5 nitrogen and oxygen atoms in total. The summed E-state index contributed by atoms with van der Waals surface area (Å²) >= 11 is 5.90. The van der Waals surface area contributed by atoms with Gasteiger partial charge in [-0.25, -0.2) is 13.1 Å². The number of hydrogen-bond donors (Lipinski definition) is 3. The summed E-state index contributed by atoms with van der Waals surface area (Å²) in [6.45, 7) is 3.87. The van der Waals surface area contributed by atoms with Crippen molar-refractivity contribution in [3.8, 4) is 0 Å². The van der Waals surface area contributed by atoms with Crippen LogP contribution in [0.4, 0.5) is 5.69 Å². The quantitative estimate of drug-likeness (QED) is 0.695. The maximum atomic E-state index is 12.1. The smallest absolute Gasteiger partial charge is 0.240 e. The second kappa shape index (κ2) is 6.56. The highest BCUT2D eigenvalue weighted by Gasteiger charge is 2.17. The van der Waals surface area contributed by atoms with E-state index >= 15 is 0 Å². The highest BCUT2D eigenvalue weighted by atomic mass is 35.5. The van der Waals surface area contributed by atoms with Crippen molar-refractivity contribution in [2.45, 2.75) is 25.2 Å². The maximum absolute atomic E-state index is 12.1. The number of nitrogens with one attached hydrogen (secondary N) is 1. The zero-order valence-electron chi connectivity index (χ0n) is 11.0. The van der Waals surface area contributed by atoms with Crippen LogP contribution in [-0.2, 0) is 10.0 Å². The van der Waals surface area contributed by atoms with E-state index in [1.165, 1.54) is 12.1 Å². The van der Waals surface area contributed by atoms with Crippen LogP contribution in [0.1, 0.15) is 18.9 Å². The number of aryl methyl sites for hydroxylation is 1. The Labute approximate surface area is 118 Å². The van der Waals surface area contributed by atoms with Crippen molar-refractivity contribution in [2.75, 3.05) is 18.9 Å². The molecular weight excluding hydrogens is 288 g/mol. The fraction of sp³-hybridized carbons (Fsp3) is 0.500. The summed E-state index contributed by atoms with van der Waals surface area (Å²) in [5.74, 6) is 0.0607. The summed E-state index contributed by atoms with van der Waals surface area (Å²) < 4.78 is 26.7. The Morgan fingerprint density at radius 3 is 2.63 bits per heavy atom. The van der Waals surface area contributed by atoms with Crippen molar-refractivity contribution < 1.29 is 13.5 Å². The first kappa shape index (κ1) is 16.2. The van der Waals surface area contributed by atoms with E-state index in [1.54, 1.807) is 6.92 Å². The van der Waals surface area contributed by atoms with Gasteiger partial charge >= 0.3 is 0 Å². The van der Waals surface area contributed by atoms with Gasteiger partial charge in [-0.3, -0.25) is 0 Å². The van der Waals surface area contributed by atoms with E-state index in [2.05, 4.69) is 4.72 Å². The minimum Gasteiger partial charge on any atom is -0.397 e. The summed E-state index contributed by atoms with van der Waals surface area (Å²) in [6, 6.07) is 2.83. The van der Waals surface area contributed by atoms with Gasteiger partial charge in [-0.2, -0.15) is 0 Å². The standard InChI is InChI=1S/C12H19ClN2O3S/c1-8(3-4-16)7-15-19(17,18)10-5-9(2)12(13)11(14)6-10/h5-6,8,15-16H,3-4,7,14H2,1-2H3. The second-order valence-corrected chi connectivity index (χ2v) is 6.76. The number of nitrogens with two attached hydrogens (primary N) is 1. The van der Waals surface area contributed by atoms with Crippen LogP contribution in [0.15, 0.2) is 17.0 Å². The van der Waals surface area contributed by atoms with E-state index in [1.807, 2.05) is 6.92 Å². The highest BCUT2D eigenvalue weighted by Crippen LogP contribution is 2.26. The molecule has 1 unspecified atom stereocenters. The molecule has 0 heterocycles. The number of anilines is 1. The van der Waals surface area contributed by atoms with Gasteiger partial charge in [0.15, 0.2) is 0 Å². The van der Waals surface area contributed by atoms with E-state index in [9.17, 15) is 8.42 Å². The third kappa shape index (κ3) is 4.35. The van der Waals surface area contributed by atoms with Crippen LogP contribution in [0, 0.1) is 12.8 Å². The van der Waals surface area contributed by atoms with E-state index in [4.69, 9.17) is 22.4 Å². The third-order valence-electron chi connectivity index (χ3n) is 2.81. The average molecular weight is 307 g/mol. The molecule has 0 bridgehead atoms. The molecule has 4 N–H and O–H groups in total. The number of halogens is 1. The first-order valence-electron chi connectivity index (χ1n) is 5.94. The lowest BCUT2D eigenvalue weighted by molar-refractivity contribution is 0.263. The van der Waals surface area contributed by atoms with Crippen molar-refractivity contribution >= 4 is 27.3 Å². The Balaban J connectivity index is 2.89. The summed E-state index contributed by atoms with van der Waals surface area (Å²) in [7, 11) is -3.61. The summed E-state index contributed by atoms with van der Waals surface area (Å²) in [6.07, 6.45) is 0.546. The molecule has 108 valence electrons. The zero-order valence-corrected chi connectivity index (χ0v) is 12.6. The molecule has 0 radical (unpaired) electrons. The number of benzene rings is 1. The predicted octanol–water partition coefficient (Wildman–Crippen LogP) is 1.53. The van der Waals surface area contributed by atoms with E-state index in [0.717, 1.165) is 0 Å². The number of nitrogen functional groups attached to an aromatic ring is 1. The molecule has 0 aromatic heterocycles. The number of aliphatic hydroxyl groups is 1. The molecule has 0 aliphatic carbocycles. The van der Waals surface area contributed by atoms with E-state index in [0.29, 0.717) is 17.0 Å². The largest absolute Gasteiger partial charge is 0.397 e. The zero-order chi connectivity index (χ0) is 14.6. The Morgan fingerprint density at radius 1 is 1.47 bits per heavy atom. The lowest BCUT2D eigenvalue weighted by Crippen LogP contribution is -2.29. The molecule has 0 saturated carbocycles. The lowest BCUT2D eigenvalue weighted by Gasteiger charge is -2.13. The normalized spacial score (nSPS) is 13.5. The molecule has 7 heteroatoms. The first-order chi connectivity index (χ1) is 8.77. The van der Waals surface area contributed by atoms with Gasteiger partial charge in [-0.15, -0.1) is 0 Å². The van der Waals surface area contributed by atoms with Crippen molar-refractivity contribution in [1.29, 1.82) is 0 Å². The van der Waals surface area contributed by atoms with Crippen LogP contribution in [0.5, 0.6) is 0 Å². The van der Waals surface area contributed by atoms with Crippen molar-refractivity contribution in [2.24, 2.45) is 5.92 Å².